The number of rotatable bonds is 13. The molecule has 38 heavy (non-hydrogen) atoms. The van der Waals surface area contributed by atoms with E-state index in [2.05, 4.69) is 20.7 Å². The zero-order valence-electron chi connectivity index (χ0n) is 20.6. The first kappa shape index (κ1) is 30.8. The second-order valence-electron chi connectivity index (χ2n) is 7.82. The largest absolute Gasteiger partial charge is 0.309 e. The van der Waals surface area contributed by atoms with Gasteiger partial charge < -0.3 is 9.05 Å². The Balaban J connectivity index is 1.76. The van der Waals surface area contributed by atoms with E-state index < -0.39 is 39.3 Å². The molecule has 1 heterocycles. The van der Waals surface area contributed by atoms with E-state index in [-0.39, 0.29) is 39.3 Å². The topological polar surface area (TPSA) is 136 Å². The summed E-state index contributed by atoms with van der Waals surface area (Å²) >= 11 is 3.09. The molecule has 0 saturated carbocycles. The average Bonchev–Trinajstić information content (AvgIpc) is 3.24. The Bertz CT molecular complexity index is 1480. The van der Waals surface area contributed by atoms with Crippen molar-refractivity contribution >= 4 is 81.2 Å². The molecular formula is C24H25AsBrNO8PS2. The van der Waals surface area contributed by atoms with Crippen LogP contribution >= 0.6 is 34.9 Å². The summed E-state index contributed by atoms with van der Waals surface area (Å²) in [5, 5.41) is 9.46. The van der Waals surface area contributed by atoms with Gasteiger partial charge in [-0.05, 0) is 13.8 Å². The second-order valence-corrected chi connectivity index (χ2v) is 16.0. The summed E-state index contributed by atoms with van der Waals surface area (Å²) in [6, 6.07) is 12.4. The van der Waals surface area contributed by atoms with Crippen LogP contribution in [0.2, 0.25) is 0 Å². The van der Waals surface area contributed by atoms with Crippen molar-refractivity contribution in [1.29, 1.82) is 0 Å². The van der Waals surface area contributed by atoms with Crippen LogP contribution in [0.4, 0.5) is 5.69 Å². The summed E-state index contributed by atoms with van der Waals surface area (Å²) in [7, 11) is -7.30. The quantitative estimate of drug-likeness (QED) is 0.182. The standard InChI is InChI=1S/C24H25AsBrNO8PS2/c1-4-34-36(31,35-5-2)14-16-6-9-18(10-7-16)27-38(32,33)22-13-21(37-15(22)3)23(28)25-20-11-8-17(26)12-19(20)24(29)30/h6-13,27H,4-5,14H2,1-3H3,(H,29,30). The van der Waals surface area contributed by atoms with Crippen LogP contribution in [0.5, 0.6) is 0 Å². The first-order valence-corrected chi connectivity index (χ1v) is 18.0. The van der Waals surface area contributed by atoms with Gasteiger partial charge in [-0.2, -0.15) is 0 Å². The third kappa shape index (κ3) is 7.88. The zero-order chi connectivity index (χ0) is 28.1. The molecule has 2 N–H and O–H groups in total. The molecule has 0 bridgehead atoms. The average molecular weight is 705 g/mol. The Kier molecular flexibility index (Phi) is 10.6. The minimum atomic E-state index is -4.01. The van der Waals surface area contributed by atoms with Crippen molar-refractivity contribution in [1.82, 2.24) is 0 Å². The number of aryl methyl sites for hydroxylation is 1. The molecule has 1 aromatic heterocycles. The summed E-state index contributed by atoms with van der Waals surface area (Å²) in [6.07, 6.45) is 0.0569. The Morgan fingerprint density at radius 2 is 1.71 bits per heavy atom. The van der Waals surface area contributed by atoms with Crippen LogP contribution in [-0.4, -0.2) is 53.0 Å². The molecule has 14 heteroatoms. The first-order valence-electron chi connectivity index (χ1n) is 11.3. The number of halogens is 1. The van der Waals surface area contributed by atoms with Crippen LogP contribution in [0.3, 0.4) is 0 Å². The molecule has 0 aliphatic heterocycles. The fourth-order valence-corrected chi connectivity index (χ4v) is 10.2. The number of sulfonamides is 1. The Morgan fingerprint density at radius 1 is 1.08 bits per heavy atom. The molecule has 0 aliphatic carbocycles. The van der Waals surface area contributed by atoms with Crippen LogP contribution < -0.4 is 9.07 Å². The summed E-state index contributed by atoms with van der Waals surface area (Å²) in [5.41, 5.74) is 0.995. The summed E-state index contributed by atoms with van der Waals surface area (Å²) in [4.78, 5) is 25.2. The monoisotopic (exact) mass is 704 g/mol. The predicted molar refractivity (Wildman–Crippen MR) is 152 cm³/mol. The molecule has 3 rings (SSSR count). The van der Waals surface area contributed by atoms with Crippen LogP contribution in [0.25, 0.3) is 0 Å². The van der Waals surface area contributed by atoms with E-state index in [4.69, 9.17) is 9.05 Å². The maximum Gasteiger partial charge on any atom is 0.0534 e. The van der Waals surface area contributed by atoms with Crippen molar-refractivity contribution < 1.29 is 36.7 Å². The number of carbonyl (C=O) groups is 2. The number of carbonyl (C=O) groups excluding carboxylic acids is 1. The number of nitrogens with one attached hydrogen (secondary N) is 1. The molecule has 203 valence electrons. The number of benzene rings is 2. The fourth-order valence-electron chi connectivity index (χ4n) is 3.41. The molecule has 0 unspecified atom stereocenters. The molecule has 0 amide bonds. The van der Waals surface area contributed by atoms with Crippen molar-refractivity contribution in [3.8, 4) is 0 Å². The predicted octanol–water partition coefficient (Wildman–Crippen LogP) is 5.25. The molecule has 3 aromatic rings. The molecular weight excluding hydrogens is 680 g/mol. The third-order valence-corrected chi connectivity index (χ3v) is 12.8. The summed E-state index contributed by atoms with van der Waals surface area (Å²) < 4.78 is 52.8. The van der Waals surface area contributed by atoms with E-state index >= 15 is 0 Å². The first-order chi connectivity index (χ1) is 17.9. The third-order valence-electron chi connectivity index (χ3n) is 5.02. The molecule has 1 radical (unpaired) electrons. The molecule has 0 spiro atoms. The number of thiophene rings is 1. The van der Waals surface area contributed by atoms with Crippen LogP contribution in [0.1, 0.15) is 44.3 Å². The van der Waals surface area contributed by atoms with E-state index in [0.29, 0.717) is 25.0 Å². The maximum absolute atomic E-state index is 13.1. The Labute approximate surface area is 240 Å². The fraction of sp³-hybridized carbons (Fsp3) is 0.250. The van der Waals surface area contributed by atoms with Gasteiger partial charge in [0.15, 0.2) is 0 Å². The van der Waals surface area contributed by atoms with Crippen molar-refractivity contribution in [2.75, 3.05) is 17.9 Å². The van der Waals surface area contributed by atoms with Crippen LogP contribution in [0.15, 0.2) is 57.9 Å². The Morgan fingerprint density at radius 3 is 2.29 bits per heavy atom. The van der Waals surface area contributed by atoms with E-state index in [1.807, 2.05) is 0 Å². The molecule has 0 atom stereocenters. The molecule has 0 aliphatic rings. The van der Waals surface area contributed by atoms with E-state index in [1.54, 1.807) is 57.2 Å². The maximum atomic E-state index is 13.1. The van der Waals surface area contributed by atoms with Gasteiger partial charge >= 0.3 is 201 Å². The minimum Gasteiger partial charge on any atom is -0.309 e. The number of anilines is 1. The normalized spacial score (nSPS) is 12.2. The number of hydrogen-bond acceptors (Lipinski definition) is 8. The molecule has 0 fully saturated rings. The summed E-state index contributed by atoms with van der Waals surface area (Å²) in [5.74, 6) is -1.14. The van der Waals surface area contributed by atoms with Crippen molar-refractivity contribution in [3.63, 3.8) is 0 Å². The zero-order valence-corrected chi connectivity index (χ0v) is 26.6. The SMILES string of the molecule is CCOP(=O)(Cc1ccc(NS(=O)(=O)c2cc(C(=O)[As]c3ccc(Br)cc3C(=O)O)sc2C)cc1)OCC. The smallest absolute Gasteiger partial charge is 0.0534 e. The van der Waals surface area contributed by atoms with Crippen molar-refractivity contribution in [3.05, 3.63) is 73.9 Å². The van der Waals surface area contributed by atoms with Crippen LogP contribution in [-0.2, 0) is 29.8 Å². The van der Waals surface area contributed by atoms with Gasteiger partial charge in [0.05, 0.1) is 13.2 Å². The van der Waals surface area contributed by atoms with Gasteiger partial charge in [0.2, 0.25) is 0 Å². The van der Waals surface area contributed by atoms with Crippen LogP contribution in [0, 0.1) is 6.92 Å². The molecule has 9 nitrogen and oxygen atoms in total. The second kappa shape index (κ2) is 13.0. The van der Waals surface area contributed by atoms with Gasteiger partial charge in [0.25, 0.3) is 0 Å². The van der Waals surface area contributed by atoms with Gasteiger partial charge in [0, 0.05) is 0 Å². The van der Waals surface area contributed by atoms with Gasteiger partial charge in [-0.25, -0.2) is 0 Å². The van der Waals surface area contributed by atoms with Crippen molar-refractivity contribution in [2.45, 2.75) is 31.8 Å². The van der Waals surface area contributed by atoms with Crippen molar-refractivity contribution in [2.24, 2.45) is 0 Å². The number of carboxylic acids is 1. The van der Waals surface area contributed by atoms with Gasteiger partial charge in [0.1, 0.15) is 0 Å². The van der Waals surface area contributed by atoms with E-state index in [0.717, 1.165) is 11.3 Å². The molecule has 2 aromatic carbocycles. The Hall–Kier alpha value is -1.78. The van der Waals surface area contributed by atoms with Gasteiger partial charge in [-0.15, -0.1) is 0 Å². The van der Waals surface area contributed by atoms with Gasteiger partial charge in [-0.3, -0.25) is 4.57 Å². The molecule has 0 saturated heterocycles. The number of aromatic carboxylic acids is 1. The summed E-state index contributed by atoms with van der Waals surface area (Å²) in [6.45, 7) is 5.54. The number of carboxylic acid groups (broad SMARTS) is 1. The van der Waals surface area contributed by atoms with E-state index in [9.17, 15) is 27.7 Å². The minimum absolute atomic E-state index is 0.0254. The van der Waals surface area contributed by atoms with Gasteiger partial charge in [-0.1, -0.05) is 0 Å². The van der Waals surface area contributed by atoms with E-state index in [1.165, 1.54) is 12.1 Å². The number of hydrogen-bond donors (Lipinski definition) is 2.